The second-order valence-corrected chi connectivity index (χ2v) is 26.5. The maximum absolute atomic E-state index is 8.94. The van der Waals surface area contributed by atoms with Crippen LogP contribution in [0.15, 0.2) is 397 Å². The standard InChI is InChI=1S/2C52H32O/c1-3-14-33(15-4-1)39-24-13-25-46-41-29-26-36(32-49(41)53-52(39)46)47-30-35-18-7-8-19-38(35)48-31-37(27-28-40(47)48)51-44-22-11-9-20-42(44)50(34-16-5-2-6-17-34)43-21-10-12-23-45(43)51;1-3-14-33(15-4-1)35-28-29-48-47(30-35)52-44(24-13-25-49(52)53-48)46-31-36-26-27-37(32-45(36)38-18-7-8-19-39(38)46)51-42-22-11-9-20-40(42)50(34-16-5-2-6-17-34)41-21-10-12-23-43(41)51/h2*1-32H/i2*1D,2D,3D,4D,5D,6D,14D,15D,16D,17D. The Morgan fingerprint density at radius 2 is 0.594 bits per heavy atom. The van der Waals surface area contributed by atoms with Crippen LogP contribution in [0.4, 0.5) is 0 Å². The summed E-state index contributed by atoms with van der Waals surface area (Å²) in [6.07, 6.45) is 0. The summed E-state index contributed by atoms with van der Waals surface area (Å²) < 4.78 is 183. The zero-order valence-corrected chi connectivity index (χ0v) is 56.2. The molecule has 2 nitrogen and oxygen atoms in total. The molecule has 22 rings (SSSR count). The summed E-state index contributed by atoms with van der Waals surface area (Å²) in [5, 5.41) is 18.1. The molecule has 0 saturated carbocycles. The molecule has 0 bridgehead atoms. The van der Waals surface area contributed by atoms with Crippen LogP contribution in [0.25, 0.3) is 219 Å². The highest BCUT2D eigenvalue weighted by atomic mass is 16.3. The van der Waals surface area contributed by atoms with Crippen molar-refractivity contribution < 1.29 is 36.2 Å². The van der Waals surface area contributed by atoms with Crippen LogP contribution >= 0.6 is 0 Å². The number of hydrogen-bond donors (Lipinski definition) is 0. The van der Waals surface area contributed by atoms with E-state index in [0.717, 1.165) is 152 Å². The van der Waals surface area contributed by atoms with Gasteiger partial charge in [-0.15, -0.1) is 0 Å². The number of rotatable bonds is 8. The summed E-state index contributed by atoms with van der Waals surface area (Å²) in [6, 6.07) is 81.1. The highest BCUT2D eigenvalue weighted by Gasteiger charge is 2.23. The minimum atomic E-state index is -0.448. The van der Waals surface area contributed by atoms with Gasteiger partial charge in [0.15, 0.2) is 0 Å². The van der Waals surface area contributed by atoms with Crippen LogP contribution in [0.2, 0.25) is 0 Å². The van der Waals surface area contributed by atoms with Crippen molar-refractivity contribution in [2.24, 2.45) is 0 Å². The Hall–Kier alpha value is -13.9. The van der Waals surface area contributed by atoms with Crippen molar-refractivity contribution in [1.29, 1.82) is 0 Å². The molecular weight excluding hydrogens is 1280 g/mol. The fraction of sp³-hybridized carbons (Fsp3) is 0. The van der Waals surface area contributed by atoms with E-state index in [1.165, 1.54) is 0 Å². The van der Waals surface area contributed by atoms with E-state index in [2.05, 4.69) is 84.9 Å². The zero-order chi connectivity index (χ0) is 87.2. The molecule has 0 atom stereocenters. The van der Waals surface area contributed by atoms with Crippen LogP contribution in [-0.2, 0) is 0 Å². The predicted octanol–water partition coefficient (Wildman–Crippen LogP) is 29.7. The molecule has 0 spiro atoms. The number of para-hydroxylation sites is 1. The van der Waals surface area contributed by atoms with Crippen LogP contribution in [0, 0.1) is 0 Å². The zero-order valence-electron chi connectivity index (χ0n) is 76.2. The van der Waals surface area contributed by atoms with Gasteiger partial charge >= 0.3 is 0 Å². The van der Waals surface area contributed by atoms with Crippen molar-refractivity contribution in [3.8, 4) is 89.0 Å². The molecule has 0 aliphatic heterocycles. The third-order valence-electron chi connectivity index (χ3n) is 20.8. The first-order valence-electron chi connectivity index (χ1n) is 44.9. The Labute approximate surface area is 640 Å². The molecule has 2 aromatic heterocycles. The molecule has 2 heteroatoms. The monoisotopic (exact) mass is 1360 g/mol. The van der Waals surface area contributed by atoms with Crippen molar-refractivity contribution in [1.82, 2.24) is 0 Å². The maximum Gasteiger partial charge on any atom is 0.143 e. The number of hydrogen-bond acceptors (Lipinski definition) is 2. The van der Waals surface area contributed by atoms with E-state index in [9.17, 15) is 0 Å². The van der Waals surface area contributed by atoms with E-state index < -0.39 is 36.3 Å². The van der Waals surface area contributed by atoms with Crippen LogP contribution in [-0.4, -0.2) is 0 Å². The molecule has 0 radical (unpaired) electrons. The lowest BCUT2D eigenvalue weighted by atomic mass is 9.85. The predicted molar refractivity (Wildman–Crippen MR) is 451 cm³/mol. The second-order valence-electron chi connectivity index (χ2n) is 26.5. The Morgan fingerprint density at radius 1 is 0.179 bits per heavy atom. The molecule has 0 aliphatic rings. The fourth-order valence-electron chi connectivity index (χ4n) is 16.3. The van der Waals surface area contributed by atoms with E-state index in [1.54, 1.807) is 18.2 Å². The van der Waals surface area contributed by atoms with E-state index in [4.69, 9.17) is 36.2 Å². The lowest BCUT2D eigenvalue weighted by Gasteiger charge is -2.19. The first kappa shape index (κ1) is 43.8. The minimum absolute atomic E-state index is 0.0893. The van der Waals surface area contributed by atoms with Crippen LogP contribution in [0.5, 0.6) is 0 Å². The molecule has 492 valence electrons. The van der Waals surface area contributed by atoms with Gasteiger partial charge < -0.3 is 8.83 Å². The highest BCUT2D eigenvalue weighted by Crippen LogP contribution is 2.50. The fourth-order valence-corrected chi connectivity index (χ4v) is 16.3. The molecule has 106 heavy (non-hydrogen) atoms. The molecule has 22 aromatic rings. The molecule has 0 amide bonds. The molecule has 0 saturated heterocycles. The summed E-state index contributed by atoms with van der Waals surface area (Å²) in [5.41, 5.74) is 12.6. The highest BCUT2D eigenvalue weighted by molar-refractivity contribution is 6.26. The van der Waals surface area contributed by atoms with Crippen LogP contribution < -0.4 is 0 Å². The van der Waals surface area contributed by atoms with Crippen molar-refractivity contribution in [2.75, 3.05) is 0 Å². The quantitative estimate of drug-likeness (QED) is 0.112. The summed E-state index contributed by atoms with van der Waals surface area (Å²) in [5.74, 6) is 0. The van der Waals surface area contributed by atoms with Gasteiger partial charge in [0, 0.05) is 27.1 Å². The summed E-state index contributed by atoms with van der Waals surface area (Å²) in [4.78, 5) is 0. The summed E-state index contributed by atoms with van der Waals surface area (Å²) in [6.45, 7) is 0. The van der Waals surface area contributed by atoms with Gasteiger partial charge in [-0.2, -0.15) is 0 Å². The Bertz CT molecular complexity index is 8400. The Balaban J connectivity index is 0.000000154. The topological polar surface area (TPSA) is 26.3 Å². The van der Waals surface area contributed by atoms with E-state index in [1.807, 2.05) is 164 Å². The van der Waals surface area contributed by atoms with Gasteiger partial charge in [0.25, 0.3) is 0 Å². The van der Waals surface area contributed by atoms with Gasteiger partial charge in [-0.25, -0.2) is 0 Å². The van der Waals surface area contributed by atoms with Crippen molar-refractivity contribution in [3.63, 3.8) is 0 Å². The SMILES string of the molecule is [2H]c1c([2H])c([2H])c(-c2c3ccccc3c(-c3ccc4c(-c5ccc6c(c5)oc5c(-c7c([2H])c([2H])c([2H])c([2H])c7[2H])cccc56)cc5ccccc5c4c3)c3ccccc23)c([2H])c1[2H].[2H]c1c([2H])c([2H])c(-c2ccc3oc4cccc(-c5cc6ccc(-c7c8ccccc8c(-c8c([2H])c([2H])c([2H])c([2H])c8[2H])c8ccccc78)cc6c6ccccc56)c4c3c2)c([2H])c1[2H]. The molecule has 0 aliphatic carbocycles. The first-order chi connectivity index (χ1) is 60.9. The Kier molecular flexibility index (Phi) is 10.3. The number of furan rings is 2. The third-order valence-corrected chi connectivity index (χ3v) is 20.8. The molecule has 0 N–H and O–H groups in total. The largest absolute Gasteiger partial charge is 0.456 e. The number of benzene rings is 20. The smallest absolute Gasteiger partial charge is 0.143 e. The molecule has 0 unspecified atom stereocenters. The summed E-state index contributed by atoms with van der Waals surface area (Å²) >= 11 is 0. The van der Waals surface area contributed by atoms with Crippen molar-refractivity contribution in [2.45, 2.75) is 0 Å². The van der Waals surface area contributed by atoms with Gasteiger partial charge in [-0.05, 0) is 224 Å². The molecule has 0 fully saturated rings. The van der Waals surface area contributed by atoms with Gasteiger partial charge in [-0.1, -0.05) is 333 Å². The maximum atomic E-state index is 8.94. The Morgan fingerprint density at radius 3 is 1.19 bits per heavy atom. The normalized spacial score (nSPS) is 14.4. The molecule has 2 heterocycles. The average Bonchev–Trinajstić information content (AvgIpc) is 1.64. The van der Waals surface area contributed by atoms with Gasteiger partial charge in [0.05, 0.1) is 27.4 Å². The lowest BCUT2D eigenvalue weighted by molar-refractivity contribution is 0.669. The van der Waals surface area contributed by atoms with E-state index in [-0.39, 0.29) is 107 Å². The van der Waals surface area contributed by atoms with Crippen molar-refractivity contribution >= 4 is 130 Å². The lowest BCUT2D eigenvalue weighted by Crippen LogP contribution is -1.91. The molecule has 20 aromatic carbocycles. The minimum Gasteiger partial charge on any atom is -0.456 e. The van der Waals surface area contributed by atoms with Crippen LogP contribution in [0.3, 0.4) is 0 Å². The second kappa shape index (κ2) is 25.0. The van der Waals surface area contributed by atoms with E-state index in [0.29, 0.717) is 44.6 Å². The average molecular weight is 1370 g/mol. The molecular formula is C104H64O2. The van der Waals surface area contributed by atoms with Crippen LogP contribution in [0.1, 0.15) is 27.4 Å². The van der Waals surface area contributed by atoms with Crippen molar-refractivity contribution in [3.05, 3.63) is 388 Å². The number of fused-ring (bicyclic) bond motifs is 16. The first-order valence-corrected chi connectivity index (χ1v) is 34.9. The van der Waals surface area contributed by atoms with Gasteiger partial charge in [0.2, 0.25) is 0 Å². The summed E-state index contributed by atoms with van der Waals surface area (Å²) in [7, 11) is 0. The van der Waals surface area contributed by atoms with Gasteiger partial charge in [-0.3, -0.25) is 0 Å². The third kappa shape index (κ3) is 9.95. The van der Waals surface area contributed by atoms with Gasteiger partial charge in [0.1, 0.15) is 22.3 Å². The van der Waals surface area contributed by atoms with E-state index >= 15 is 0 Å².